The summed E-state index contributed by atoms with van der Waals surface area (Å²) in [7, 11) is 1.68. The molecule has 1 unspecified atom stereocenters. The van der Waals surface area contributed by atoms with Gasteiger partial charge in [0.2, 0.25) is 5.91 Å². The van der Waals surface area contributed by atoms with E-state index in [2.05, 4.69) is 16.4 Å². The van der Waals surface area contributed by atoms with E-state index in [1.807, 2.05) is 73.8 Å². The molecule has 1 aromatic heterocycles. The van der Waals surface area contributed by atoms with Crippen LogP contribution in [0.15, 0.2) is 79.1 Å². The van der Waals surface area contributed by atoms with E-state index in [1.54, 1.807) is 13.2 Å². The lowest BCUT2D eigenvalue weighted by Crippen LogP contribution is -2.41. The lowest BCUT2D eigenvalue weighted by Gasteiger charge is -2.29. The predicted molar refractivity (Wildman–Crippen MR) is 96.6 cm³/mol. The molecule has 0 saturated carbocycles. The molecule has 1 heterocycles. The van der Waals surface area contributed by atoms with Gasteiger partial charge in [0, 0.05) is 19.4 Å². The van der Waals surface area contributed by atoms with Gasteiger partial charge in [0.25, 0.3) is 0 Å². The molecule has 3 nitrogen and oxygen atoms in total. The topological polar surface area (TPSA) is 42.0 Å². The van der Waals surface area contributed by atoms with E-state index in [0.29, 0.717) is 0 Å². The van der Waals surface area contributed by atoms with Crippen LogP contribution in [0.3, 0.4) is 0 Å². The van der Waals surface area contributed by atoms with Crippen molar-refractivity contribution >= 4 is 5.91 Å². The summed E-state index contributed by atoms with van der Waals surface area (Å²) in [6, 6.07) is 21.9. The van der Waals surface area contributed by atoms with E-state index in [1.165, 1.54) is 0 Å². The molecule has 1 N–H and O–H groups in total. The van der Waals surface area contributed by atoms with Crippen molar-refractivity contribution in [3.8, 4) is 11.1 Å². The van der Waals surface area contributed by atoms with E-state index in [0.717, 1.165) is 22.3 Å². The largest absolute Gasteiger partial charge is 0.358 e. The summed E-state index contributed by atoms with van der Waals surface area (Å²) in [6.07, 6.45) is 3.59. The molecule has 0 aliphatic rings. The number of aromatic nitrogens is 1. The van der Waals surface area contributed by atoms with E-state index < -0.39 is 5.41 Å². The van der Waals surface area contributed by atoms with Crippen molar-refractivity contribution in [2.75, 3.05) is 7.05 Å². The number of carbonyl (C=O) groups excluding carboxylic acids is 1. The van der Waals surface area contributed by atoms with Gasteiger partial charge in [-0.15, -0.1) is 0 Å². The number of rotatable bonds is 4. The molecule has 120 valence electrons. The Morgan fingerprint density at radius 3 is 2.29 bits per heavy atom. The van der Waals surface area contributed by atoms with Crippen molar-refractivity contribution in [3.63, 3.8) is 0 Å². The average Bonchev–Trinajstić information content (AvgIpc) is 2.68. The molecule has 1 amide bonds. The number of likely N-dealkylation sites (N-methyl/N-ethyl adjacent to an activating group) is 1. The molecule has 0 aliphatic heterocycles. The number of carbonyl (C=O) groups is 1. The number of hydrogen-bond donors (Lipinski definition) is 1. The fourth-order valence-corrected chi connectivity index (χ4v) is 2.99. The van der Waals surface area contributed by atoms with Crippen LogP contribution in [-0.2, 0) is 10.2 Å². The third-order valence-electron chi connectivity index (χ3n) is 4.47. The van der Waals surface area contributed by atoms with Crippen molar-refractivity contribution in [3.05, 3.63) is 90.3 Å². The maximum Gasteiger partial charge on any atom is 0.234 e. The van der Waals surface area contributed by atoms with E-state index in [4.69, 9.17) is 0 Å². The Morgan fingerprint density at radius 2 is 1.62 bits per heavy atom. The number of amides is 1. The molecule has 3 heteroatoms. The summed E-state index contributed by atoms with van der Waals surface area (Å²) in [5.74, 6) is -0.0305. The first-order valence-corrected chi connectivity index (χ1v) is 7.95. The molecular formula is C21H20N2O. The summed E-state index contributed by atoms with van der Waals surface area (Å²) in [6.45, 7) is 1.96. The van der Waals surface area contributed by atoms with Crippen LogP contribution in [0.5, 0.6) is 0 Å². The second kappa shape index (κ2) is 6.67. The second-order valence-electron chi connectivity index (χ2n) is 5.89. The summed E-state index contributed by atoms with van der Waals surface area (Å²) >= 11 is 0. The highest BCUT2D eigenvalue weighted by molar-refractivity contribution is 5.91. The number of nitrogens with one attached hydrogen (secondary N) is 1. The molecular weight excluding hydrogens is 296 g/mol. The highest BCUT2D eigenvalue weighted by Gasteiger charge is 2.36. The average molecular weight is 316 g/mol. The number of pyridine rings is 1. The normalized spacial score (nSPS) is 13.1. The van der Waals surface area contributed by atoms with Gasteiger partial charge in [0.05, 0.1) is 5.41 Å². The predicted octanol–water partition coefficient (Wildman–Crippen LogP) is 3.80. The number of hydrogen-bond acceptors (Lipinski definition) is 2. The van der Waals surface area contributed by atoms with E-state index in [9.17, 15) is 4.79 Å². The highest BCUT2D eigenvalue weighted by atomic mass is 16.2. The first kappa shape index (κ1) is 15.9. The van der Waals surface area contributed by atoms with Gasteiger partial charge in [-0.3, -0.25) is 9.78 Å². The molecule has 1 atom stereocenters. The van der Waals surface area contributed by atoms with Gasteiger partial charge in [-0.25, -0.2) is 0 Å². The zero-order valence-electron chi connectivity index (χ0n) is 13.9. The molecule has 3 rings (SSSR count). The molecule has 3 aromatic rings. The Morgan fingerprint density at radius 1 is 0.917 bits per heavy atom. The molecule has 0 fully saturated rings. The lowest BCUT2D eigenvalue weighted by molar-refractivity contribution is -0.124. The maximum absolute atomic E-state index is 12.8. The van der Waals surface area contributed by atoms with Crippen LogP contribution in [-0.4, -0.2) is 17.9 Å². The van der Waals surface area contributed by atoms with Crippen molar-refractivity contribution in [1.29, 1.82) is 0 Å². The Kier molecular flexibility index (Phi) is 4.43. The van der Waals surface area contributed by atoms with Crippen molar-refractivity contribution in [2.24, 2.45) is 0 Å². The Balaban J connectivity index is 2.15. The summed E-state index contributed by atoms with van der Waals surface area (Å²) in [5.41, 5.74) is 3.24. The molecule has 0 bridgehead atoms. The van der Waals surface area contributed by atoms with Crippen LogP contribution < -0.4 is 5.32 Å². The Hall–Kier alpha value is -2.94. The fraction of sp³-hybridized carbons (Fsp3) is 0.143. The zero-order chi connectivity index (χ0) is 17.0. The number of nitrogens with zero attached hydrogens (tertiary/aromatic N) is 1. The van der Waals surface area contributed by atoms with Gasteiger partial charge >= 0.3 is 0 Å². The molecule has 0 aliphatic carbocycles. The summed E-state index contributed by atoms with van der Waals surface area (Å²) in [5, 5.41) is 2.81. The minimum atomic E-state index is -0.756. The van der Waals surface area contributed by atoms with Gasteiger partial charge in [-0.1, -0.05) is 54.6 Å². The quantitative estimate of drug-likeness (QED) is 0.795. The smallest absolute Gasteiger partial charge is 0.234 e. The van der Waals surface area contributed by atoms with Crippen molar-refractivity contribution in [2.45, 2.75) is 12.3 Å². The molecule has 0 spiro atoms. The molecule has 2 aromatic carbocycles. The van der Waals surface area contributed by atoms with Crippen LogP contribution in [0.2, 0.25) is 0 Å². The van der Waals surface area contributed by atoms with Crippen LogP contribution in [0.25, 0.3) is 11.1 Å². The van der Waals surface area contributed by atoms with Gasteiger partial charge in [-0.2, -0.15) is 0 Å². The SMILES string of the molecule is CNC(=O)C(C)(c1ccccc1)c1cccc(-c2cccnc2)c1. The molecule has 24 heavy (non-hydrogen) atoms. The van der Waals surface area contributed by atoms with Gasteiger partial charge in [0.1, 0.15) is 0 Å². The van der Waals surface area contributed by atoms with Crippen molar-refractivity contribution < 1.29 is 4.79 Å². The fourth-order valence-electron chi connectivity index (χ4n) is 2.99. The lowest BCUT2D eigenvalue weighted by atomic mass is 9.75. The second-order valence-corrected chi connectivity index (χ2v) is 5.89. The Labute approximate surface area is 142 Å². The van der Waals surface area contributed by atoms with Crippen LogP contribution >= 0.6 is 0 Å². The van der Waals surface area contributed by atoms with Crippen LogP contribution in [0.4, 0.5) is 0 Å². The third-order valence-corrected chi connectivity index (χ3v) is 4.47. The van der Waals surface area contributed by atoms with Crippen LogP contribution in [0.1, 0.15) is 18.1 Å². The molecule has 0 saturated heterocycles. The third kappa shape index (κ3) is 2.81. The van der Waals surface area contributed by atoms with E-state index >= 15 is 0 Å². The summed E-state index contributed by atoms with van der Waals surface area (Å²) in [4.78, 5) is 16.9. The van der Waals surface area contributed by atoms with Crippen molar-refractivity contribution in [1.82, 2.24) is 10.3 Å². The minimum absolute atomic E-state index is 0.0305. The zero-order valence-corrected chi connectivity index (χ0v) is 13.9. The van der Waals surface area contributed by atoms with Gasteiger partial charge in [-0.05, 0) is 41.3 Å². The van der Waals surface area contributed by atoms with Gasteiger partial charge in [0.15, 0.2) is 0 Å². The first-order chi connectivity index (χ1) is 11.7. The van der Waals surface area contributed by atoms with Crippen LogP contribution in [0, 0.1) is 0 Å². The van der Waals surface area contributed by atoms with Gasteiger partial charge < -0.3 is 5.32 Å². The number of benzene rings is 2. The Bertz CT molecular complexity index is 831. The first-order valence-electron chi connectivity index (χ1n) is 7.95. The minimum Gasteiger partial charge on any atom is -0.358 e. The maximum atomic E-state index is 12.8. The monoisotopic (exact) mass is 316 g/mol. The molecule has 0 radical (unpaired) electrons. The summed E-state index contributed by atoms with van der Waals surface area (Å²) < 4.78 is 0. The standard InChI is InChI=1S/C21H20N2O/c1-21(20(24)22-2,18-10-4-3-5-11-18)19-12-6-8-16(14-19)17-9-7-13-23-15-17/h3-15H,1-2H3,(H,22,24). The highest BCUT2D eigenvalue weighted by Crippen LogP contribution is 2.34. The van der Waals surface area contributed by atoms with E-state index in [-0.39, 0.29) is 5.91 Å².